The zero-order valence-electron chi connectivity index (χ0n) is 20.3. The van der Waals surface area contributed by atoms with Crippen molar-refractivity contribution >= 4 is 66.7 Å². The summed E-state index contributed by atoms with van der Waals surface area (Å²) >= 11 is 16.1. The van der Waals surface area contributed by atoms with Crippen molar-refractivity contribution in [1.29, 1.82) is 0 Å². The molecule has 0 fully saturated rings. The molecule has 35 heavy (non-hydrogen) atoms. The molecule has 0 aliphatic rings. The van der Waals surface area contributed by atoms with Gasteiger partial charge in [-0.05, 0) is 63.6 Å². The van der Waals surface area contributed by atoms with E-state index in [2.05, 4.69) is 21.2 Å². The van der Waals surface area contributed by atoms with E-state index in [1.54, 1.807) is 49.4 Å². The number of carbonyl (C=O) groups is 2. The minimum atomic E-state index is -3.81. The molecule has 1 N–H and O–H groups in total. The smallest absolute Gasteiger partial charge is 0.244 e. The predicted molar refractivity (Wildman–Crippen MR) is 145 cm³/mol. The first-order chi connectivity index (χ1) is 16.1. The molecule has 0 spiro atoms. The second-order valence-corrected chi connectivity index (χ2v) is 12.8. The second kappa shape index (κ2) is 12.0. The average Bonchev–Trinajstić information content (AvgIpc) is 2.72. The zero-order valence-corrected chi connectivity index (χ0v) is 24.2. The molecule has 1 unspecified atom stereocenters. The molecule has 2 rings (SSSR count). The van der Waals surface area contributed by atoms with E-state index in [-0.39, 0.29) is 12.5 Å². The fourth-order valence-electron chi connectivity index (χ4n) is 3.45. The summed E-state index contributed by atoms with van der Waals surface area (Å²) < 4.78 is 27.0. The summed E-state index contributed by atoms with van der Waals surface area (Å²) in [7, 11) is -3.81. The number of amides is 2. The van der Waals surface area contributed by atoms with Gasteiger partial charge in [-0.15, -0.1) is 0 Å². The van der Waals surface area contributed by atoms with Gasteiger partial charge in [0, 0.05) is 32.2 Å². The van der Waals surface area contributed by atoms with Gasteiger partial charge in [0.2, 0.25) is 21.8 Å². The summed E-state index contributed by atoms with van der Waals surface area (Å²) in [5, 5.41) is 3.59. The fraction of sp³-hybridized carbons (Fsp3) is 0.417. The molecule has 2 amide bonds. The van der Waals surface area contributed by atoms with E-state index < -0.39 is 34.1 Å². The maximum absolute atomic E-state index is 13.7. The molecule has 0 aliphatic heterocycles. The van der Waals surface area contributed by atoms with Crippen LogP contribution in [0.5, 0.6) is 0 Å². The van der Waals surface area contributed by atoms with Crippen LogP contribution in [-0.2, 0) is 26.2 Å². The molecule has 7 nitrogen and oxygen atoms in total. The van der Waals surface area contributed by atoms with Gasteiger partial charge in [-0.1, -0.05) is 52.1 Å². The summed E-state index contributed by atoms with van der Waals surface area (Å²) in [4.78, 5) is 28.2. The van der Waals surface area contributed by atoms with E-state index in [0.29, 0.717) is 27.7 Å². The number of nitrogens with one attached hydrogen (secondary N) is 1. The first-order valence-corrected chi connectivity index (χ1v) is 14.3. The number of hydrogen-bond acceptors (Lipinski definition) is 4. The van der Waals surface area contributed by atoms with Crippen LogP contribution in [0.15, 0.2) is 46.9 Å². The van der Waals surface area contributed by atoms with Crippen molar-refractivity contribution in [1.82, 2.24) is 10.2 Å². The van der Waals surface area contributed by atoms with Gasteiger partial charge in [0.1, 0.15) is 12.6 Å². The molecule has 0 aliphatic carbocycles. The molecule has 2 aromatic rings. The van der Waals surface area contributed by atoms with Crippen LogP contribution in [0.1, 0.15) is 39.7 Å². The largest absolute Gasteiger partial charge is 0.350 e. The number of rotatable bonds is 9. The Bertz CT molecular complexity index is 1150. The number of halogens is 3. The van der Waals surface area contributed by atoms with Crippen LogP contribution in [0.3, 0.4) is 0 Å². The molecule has 0 radical (unpaired) electrons. The van der Waals surface area contributed by atoms with E-state index in [1.165, 1.54) is 4.90 Å². The Morgan fingerprint density at radius 2 is 1.60 bits per heavy atom. The van der Waals surface area contributed by atoms with Crippen LogP contribution in [0.4, 0.5) is 5.69 Å². The van der Waals surface area contributed by atoms with Crippen molar-refractivity contribution in [3.8, 4) is 0 Å². The number of hydrogen-bond donors (Lipinski definition) is 1. The van der Waals surface area contributed by atoms with Crippen LogP contribution in [0.2, 0.25) is 10.0 Å². The van der Waals surface area contributed by atoms with Gasteiger partial charge >= 0.3 is 0 Å². The Hall–Kier alpha value is -1.81. The molecule has 0 saturated heterocycles. The molecule has 0 bridgehead atoms. The van der Waals surface area contributed by atoms with Gasteiger partial charge in [0.15, 0.2) is 0 Å². The minimum absolute atomic E-state index is 0.0641. The molecule has 11 heteroatoms. The molecule has 0 saturated carbocycles. The lowest BCUT2D eigenvalue weighted by atomic mass is 10.1. The summed E-state index contributed by atoms with van der Waals surface area (Å²) in [6.45, 7) is 6.74. The SMILES string of the molecule is CCC(C(=O)NC(C)(C)C)N(Cc1c(Cl)cccc1Cl)C(=O)CN(c1ccc(Br)cc1)S(C)(=O)=O. The lowest BCUT2D eigenvalue weighted by molar-refractivity contribution is -0.141. The highest BCUT2D eigenvalue weighted by Gasteiger charge is 2.33. The highest BCUT2D eigenvalue weighted by atomic mass is 79.9. The van der Waals surface area contributed by atoms with E-state index in [4.69, 9.17) is 23.2 Å². The predicted octanol–water partition coefficient (Wildman–Crippen LogP) is 5.24. The average molecular weight is 607 g/mol. The number of nitrogens with zero attached hydrogens (tertiary/aromatic N) is 2. The van der Waals surface area contributed by atoms with Crippen molar-refractivity contribution in [3.63, 3.8) is 0 Å². The first-order valence-electron chi connectivity index (χ1n) is 10.9. The number of anilines is 1. The lowest BCUT2D eigenvalue weighted by Crippen LogP contribution is -2.55. The molecule has 1 atom stereocenters. The van der Waals surface area contributed by atoms with Crippen LogP contribution in [0, 0.1) is 0 Å². The van der Waals surface area contributed by atoms with Crippen LogP contribution >= 0.6 is 39.1 Å². The monoisotopic (exact) mass is 605 g/mol. The normalized spacial score (nSPS) is 12.7. The molecular formula is C24H30BrCl2N3O4S. The molecule has 2 aromatic carbocycles. The maximum Gasteiger partial charge on any atom is 0.244 e. The molecule has 0 heterocycles. The summed E-state index contributed by atoms with van der Waals surface area (Å²) in [6.07, 6.45) is 1.33. The third kappa shape index (κ3) is 8.37. The summed E-state index contributed by atoms with van der Waals surface area (Å²) in [6, 6.07) is 10.7. The molecule has 0 aromatic heterocycles. The van der Waals surface area contributed by atoms with Crippen LogP contribution in [-0.4, -0.2) is 49.5 Å². The third-order valence-corrected chi connectivity index (χ3v) is 7.45. The molecule has 192 valence electrons. The van der Waals surface area contributed by atoms with Crippen molar-refractivity contribution in [3.05, 3.63) is 62.5 Å². The van der Waals surface area contributed by atoms with Crippen LogP contribution in [0.25, 0.3) is 0 Å². The van der Waals surface area contributed by atoms with E-state index in [0.717, 1.165) is 15.0 Å². The van der Waals surface area contributed by atoms with E-state index in [1.807, 2.05) is 20.8 Å². The number of sulfonamides is 1. The minimum Gasteiger partial charge on any atom is -0.350 e. The standard InChI is InChI=1S/C24H30BrCl2N3O4S/c1-6-21(23(32)28-24(2,3)4)29(14-18-19(26)8-7-9-20(18)27)22(31)15-30(35(5,33)34)17-12-10-16(25)11-13-17/h7-13,21H,6,14-15H2,1-5H3,(H,28,32). The van der Waals surface area contributed by atoms with Gasteiger partial charge in [0.25, 0.3) is 0 Å². The Kier molecular flexibility index (Phi) is 10.0. The fourth-order valence-corrected chi connectivity index (χ4v) is 5.08. The Morgan fingerprint density at radius 3 is 2.06 bits per heavy atom. The van der Waals surface area contributed by atoms with Gasteiger partial charge in [-0.3, -0.25) is 13.9 Å². The van der Waals surface area contributed by atoms with Gasteiger partial charge < -0.3 is 10.2 Å². The molecular weight excluding hydrogens is 577 g/mol. The Labute approximate surface area is 225 Å². The van der Waals surface area contributed by atoms with Crippen LogP contribution < -0.4 is 9.62 Å². The number of benzene rings is 2. The third-order valence-electron chi connectivity index (χ3n) is 5.07. The maximum atomic E-state index is 13.7. The van der Waals surface area contributed by atoms with Crippen molar-refractivity contribution < 1.29 is 18.0 Å². The Morgan fingerprint density at radius 1 is 1.06 bits per heavy atom. The zero-order chi connectivity index (χ0) is 26.6. The van der Waals surface area contributed by atoms with Gasteiger partial charge in [-0.2, -0.15) is 0 Å². The second-order valence-electron chi connectivity index (χ2n) is 9.13. The van der Waals surface area contributed by atoms with Gasteiger partial charge in [0.05, 0.1) is 11.9 Å². The quantitative estimate of drug-likeness (QED) is 0.423. The highest BCUT2D eigenvalue weighted by molar-refractivity contribution is 9.10. The van der Waals surface area contributed by atoms with E-state index in [9.17, 15) is 18.0 Å². The summed E-state index contributed by atoms with van der Waals surface area (Å²) in [5.74, 6) is -0.920. The van der Waals surface area contributed by atoms with Crippen molar-refractivity contribution in [2.45, 2.75) is 52.2 Å². The first kappa shape index (κ1) is 29.4. The van der Waals surface area contributed by atoms with Crippen molar-refractivity contribution in [2.24, 2.45) is 0 Å². The lowest BCUT2D eigenvalue weighted by Gasteiger charge is -2.34. The Balaban J connectivity index is 2.51. The topological polar surface area (TPSA) is 86.8 Å². The highest BCUT2D eigenvalue weighted by Crippen LogP contribution is 2.28. The number of carbonyl (C=O) groups excluding carboxylic acids is 2. The van der Waals surface area contributed by atoms with Gasteiger partial charge in [-0.25, -0.2) is 8.42 Å². The summed E-state index contributed by atoms with van der Waals surface area (Å²) in [5.41, 5.74) is 0.269. The van der Waals surface area contributed by atoms with E-state index >= 15 is 0 Å². The van der Waals surface area contributed by atoms with Crippen molar-refractivity contribution in [2.75, 3.05) is 17.1 Å².